The molecule has 1 heterocycles. The normalized spacial score (nSPS) is 11.0. The third-order valence-electron chi connectivity index (χ3n) is 2.42. The van der Waals surface area contributed by atoms with Crippen LogP contribution < -0.4 is 5.32 Å². The Hall–Kier alpha value is -2.11. The fraction of sp³-hybridized carbons (Fsp3) is 0.500. The average molecular weight is 280 g/mol. The lowest BCUT2D eigenvalue weighted by atomic mass is 10.0. The maximum atomic E-state index is 11.5. The Kier molecular flexibility index (Phi) is 5.07. The number of carbonyl (C=O) groups excluding carboxylic acids is 2. The molecule has 1 aromatic rings. The Balaban J connectivity index is 2.61. The Morgan fingerprint density at radius 1 is 1.35 bits per heavy atom. The molecule has 6 nitrogen and oxygen atoms in total. The first-order chi connectivity index (χ1) is 9.20. The van der Waals surface area contributed by atoms with Crippen LogP contribution in [0.15, 0.2) is 12.4 Å². The number of pyridine rings is 1. The first-order valence-electron chi connectivity index (χ1n) is 6.34. The quantitative estimate of drug-likeness (QED) is 0.824. The number of nitrogens with zero attached hydrogens (tertiary/aromatic N) is 1. The highest BCUT2D eigenvalue weighted by Crippen LogP contribution is 2.20. The van der Waals surface area contributed by atoms with E-state index in [1.165, 1.54) is 19.3 Å². The zero-order valence-electron chi connectivity index (χ0n) is 12.2. The van der Waals surface area contributed by atoms with Gasteiger partial charge in [0.1, 0.15) is 11.4 Å². The van der Waals surface area contributed by atoms with Crippen molar-refractivity contribution in [3.8, 4) is 5.75 Å². The van der Waals surface area contributed by atoms with E-state index in [-0.39, 0.29) is 17.1 Å². The van der Waals surface area contributed by atoms with Gasteiger partial charge in [0.25, 0.3) is 0 Å². The molecule has 110 valence electrons. The number of rotatable bonds is 4. The molecular formula is C14H20N2O4. The van der Waals surface area contributed by atoms with E-state index in [2.05, 4.69) is 10.3 Å². The molecular weight excluding hydrogens is 260 g/mol. The van der Waals surface area contributed by atoms with Crippen LogP contribution in [0.2, 0.25) is 0 Å². The number of aromatic hydroxyl groups is 1. The molecule has 1 rings (SSSR count). The van der Waals surface area contributed by atoms with E-state index >= 15 is 0 Å². The Morgan fingerprint density at radius 2 is 2.00 bits per heavy atom. The molecule has 0 atom stereocenters. The molecule has 6 heteroatoms. The summed E-state index contributed by atoms with van der Waals surface area (Å²) in [5, 5.41) is 12.2. The van der Waals surface area contributed by atoms with E-state index in [4.69, 9.17) is 4.74 Å². The number of alkyl carbamates (subject to hydrolysis) is 1. The van der Waals surface area contributed by atoms with E-state index in [0.29, 0.717) is 18.5 Å². The molecule has 0 bridgehead atoms. The van der Waals surface area contributed by atoms with Gasteiger partial charge in [-0.15, -0.1) is 0 Å². The number of hydrogen-bond donors (Lipinski definition) is 2. The minimum Gasteiger partial charge on any atom is -0.506 e. The molecule has 0 aliphatic heterocycles. The monoisotopic (exact) mass is 280 g/mol. The van der Waals surface area contributed by atoms with Crippen molar-refractivity contribution in [3.63, 3.8) is 0 Å². The number of ketones is 1. The summed E-state index contributed by atoms with van der Waals surface area (Å²) >= 11 is 0. The number of aromatic nitrogens is 1. The van der Waals surface area contributed by atoms with Crippen LogP contribution in [0.3, 0.4) is 0 Å². The fourth-order valence-electron chi connectivity index (χ4n) is 1.70. The van der Waals surface area contributed by atoms with Gasteiger partial charge in [-0.2, -0.15) is 0 Å². The topological polar surface area (TPSA) is 88.5 Å². The van der Waals surface area contributed by atoms with E-state index in [1.807, 2.05) is 0 Å². The van der Waals surface area contributed by atoms with Crippen molar-refractivity contribution >= 4 is 11.9 Å². The van der Waals surface area contributed by atoms with Gasteiger partial charge >= 0.3 is 6.09 Å². The summed E-state index contributed by atoms with van der Waals surface area (Å²) in [6.45, 7) is 7.00. The first kappa shape index (κ1) is 15.9. The standard InChI is InChI=1S/C14H20N2O4/c1-9(17)12-10(7-15-8-11(12)18)5-6-16-13(19)20-14(2,3)4/h7-8,18H,5-6H2,1-4H3,(H,16,19). The predicted octanol–water partition coefficient (Wildman–Crippen LogP) is 2.06. The van der Waals surface area contributed by atoms with Crippen molar-refractivity contribution in [2.45, 2.75) is 39.7 Å². The van der Waals surface area contributed by atoms with Gasteiger partial charge in [0.05, 0.1) is 11.8 Å². The Bertz CT molecular complexity index is 506. The Labute approximate surface area is 118 Å². The van der Waals surface area contributed by atoms with Crippen LogP contribution in [0, 0.1) is 0 Å². The average Bonchev–Trinajstić information content (AvgIpc) is 2.25. The molecule has 1 amide bonds. The Morgan fingerprint density at radius 3 is 2.55 bits per heavy atom. The van der Waals surface area contributed by atoms with Crippen LogP contribution in [0.25, 0.3) is 0 Å². The van der Waals surface area contributed by atoms with Crippen LogP contribution in [-0.4, -0.2) is 34.1 Å². The summed E-state index contributed by atoms with van der Waals surface area (Å²) in [4.78, 5) is 26.8. The van der Waals surface area contributed by atoms with E-state index < -0.39 is 11.7 Å². The summed E-state index contributed by atoms with van der Waals surface area (Å²) in [5.41, 5.74) is 0.279. The van der Waals surface area contributed by atoms with E-state index in [0.717, 1.165) is 0 Å². The molecule has 1 aromatic heterocycles. The van der Waals surface area contributed by atoms with Gasteiger partial charge in [-0.05, 0) is 39.7 Å². The SMILES string of the molecule is CC(=O)c1c(O)cncc1CCNC(=O)OC(C)(C)C. The minimum absolute atomic E-state index is 0.146. The van der Waals surface area contributed by atoms with Gasteiger partial charge in [0.2, 0.25) is 0 Å². The molecule has 0 radical (unpaired) electrons. The second-order valence-corrected chi connectivity index (χ2v) is 5.43. The summed E-state index contributed by atoms with van der Waals surface area (Å²) in [7, 11) is 0. The second kappa shape index (κ2) is 6.36. The number of hydrogen-bond acceptors (Lipinski definition) is 5. The van der Waals surface area contributed by atoms with Gasteiger partial charge in [0.15, 0.2) is 5.78 Å². The highest BCUT2D eigenvalue weighted by molar-refractivity contribution is 5.98. The van der Waals surface area contributed by atoms with Crippen LogP contribution in [0.1, 0.15) is 43.6 Å². The van der Waals surface area contributed by atoms with Crippen LogP contribution >= 0.6 is 0 Å². The zero-order valence-corrected chi connectivity index (χ0v) is 12.2. The molecule has 0 aliphatic rings. The van der Waals surface area contributed by atoms with Crippen molar-refractivity contribution in [1.29, 1.82) is 0 Å². The van der Waals surface area contributed by atoms with Gasteiger partial charge < -0.3 is 15.2 Å². The van der Waals surface area contributed by atoms with Gasteiger partial charge in [-0.1, -0.05) is 0 Å². The van der Waals surface area contributed by atoms with Crippen molar-refractivity contribution in [2.75, 3.05) is 6.54 Å². The largest absolute Gasteiger partial charge is 0.506 e. The molecule has 0 unspecified atom stereocenters. The number of amides is 1. The first-order valence-corrected chi connectivity index (χ1v) is 6.34. The molecule has 20 heavy (non-hydrogen) atoms. The van der Waals surface area contributed by atoms with Crippen molar-refractivity contribution in [2.24, 2.45) is 0 Å². The molecule has 0 aliphatic carbocycles. The lowest BCUT2D eigenvalue weighted by Crippen LogP contribution is -2.33. The third kappa shape index (κ3) is 4.87. The van der Waals surface area contributed by atoms with Crippen LogP contribution in [0.5, 0.6) is 5.75 Å². The predicted molar refractivity (Wildman–Crippen MR) is 73.8 cm³/mol. The number of carbonyl (C=O) groups is 2. The highest BCUT2D eigenvalue weighted by atomic mass is 16.6. The van der Waals surface area contributed by atoms with Crippen molar-refractivity contribution in [1.82, 2.24) is 10.3 Å². The van der Waals surface area contributed by atoms with Crippen LogP contribution in [0.4, 0.5) is 4.79 Å². The van der Waals surface area contributed by atoms with Crippen molar-refractivity contribution < 1.29 is 19.4 Å². The number of nitrogens with one attached hydrogen (secondary N) is 1. The summed E-state index contributed by atoms with van der Waals surface area (Å²) in [6.07, 6.45) is 2.60. The molecule has 0 saturated carbocycles. The van der Waals surface area contributed by atoms with E-state index in [9.17, 15) is 14.7 Å². The second-order valence-electron chi connectivity index (χ2n) is 5.43. The maximum Gasteiger partial charge on any atom is 0.407 e. The van der Waals surface area contributed by atoms with Crippen molar-refractivity contribution in [3.05, 3.63) is 23.5 Å². The number of ether oxygens (including phenoxy) is 1. The molecule has 0 saturated heterocycles. The highest BCUT2D eigenvalue weighted by Gasteiger charge is 2.16. The van der Waals surface area contributed by atoms with Gasteiger partial charge in [0, 0.05) is 12.7 Å². The fourth-order valence-corrected chi connectivity index (χ4v) is 1.70. The van der Waals surface area contributed by atoms with Gasteiger partial charge in [-0.25, -0.2) is 4.79 Å². The maximum absolute atomic E-state index is 11.5. The summed E-state index contributed by atoms with van der Waals surface area (Å²) in [6, 6.07) is 0. The summed E-state index contributed by atoms with van der Waals surface area (Å²) in [5.74, 6) is -0.385. The van der Waals surface area contributed by atoms with Crippen LogP contribution in [-0.2, 0) is 11.2 Å². The molecule has 2 N–H and O–H groups in total. The molecule has 0 fully saturated rings. The lowest BCUT2D eigenvalue weighted by molar-refractivity contribution is 0.0528. The smallest absolute Gasteiger partial charge is 0.407 e. The zero-order chi connectivity index (χ0) is 15.3. The minimum atomic E-state index is -0.554. The van der Waals surface area contributed by atoms with Gasteiger partial charge in [-0.3, -0.25) is 9.78 Å². The molecule has 0 spiro atoms. The molecule has 0 aromatic carbocycles. The summed E-state index contributed by atoms with van der Waals surface area (Å²) < 4.78 is 5.10. The lowest BCUT2D eigenvalue weighted by Gasteiger charge is -2.19. The van der Waals surface area contributed by atoms with E-state index in [1.54, 1.807) is 20.8 Å². The number of Topliss-reactive ketones (excluding diaryl/α,β-unsaturated/α-hetero) is 1. The third-order valence-corrected chi connectivity index (χ3v) is 2.42.